The van der Waals surface area contributed by atoms with Gasteiger partial charge < -0.3 is 45.1 Å². The number of nitrogens with one attached hydrogen (secondary N) is 1. The summed E-state index contributed by atoms with van der Waals surface area (Å²) in [6.45, 7) is 5.79. The van der Waals surface area contributed by atoms with E-state index in [9.17, 15) is 35.1 Å². The molecule has 0 aromatic heterocycles. The van der Waals surface area contributed by atoms with Crippen LogP contribution >= 0.6 is 0 Å². The van der Waals surface area contributed by atoms with Crippen molar-refractivity contribution >= 4 is 11.9 Å². The number of hydrogen-bond donors (Lipinski definition) is 6. The fourth-order valence-electron chi connectivity index (χ4n) is 9.88. The lowest BCUT2D eigenvalue weighted by Gasteiger charge is -2.41. The Labute approximate surface area is 448 Å². The zero-order chi connectivity index (χ0) is 53.3. The van der Waals surface area contributed by atoms with E-state index in [1.807, 2.05) is 6.08 Å². The van der Waals surface area contributed by atoms with Gasteiger partial charge >= 0.3 is 5.97 Å². The Bertz CT molecular complexity index is 1280. The lowest BCUT2D eigenvalue weighted by atomic mass is 9.99. The standard InChI is InChI=1S/C62H117NO10/c1-4-7-10-13-16-19-22-24-26-27-28-30-31-34-37-40-43-46-49-55(66)61(70)63-53(54(65)48-45-42-39-36-33-21-18-15-12-9-6-3)52-71-62-60(59(69)58(68)56(51-64)72-62)73-57(67)50-47-44-41-38-35-32-29-25-23-20-17-14-11-8-5-2/h20,23,45,48,53-56,58-60,62,64-66,68-69H,4-19,21-22,24-44,46-47,49-52H2,1-3H3,(H,63,70)/b23-20-,48-45+. The number of ether oxygens (including phenoxy) is 3. The number of hydrogen-bond acceptors (Lipinski definition) is 10. The van der Waals surface area contributed by atoms with Crippen molar-refractivity contribution in [2.24, 2.45) is 0 Å². The van der Waals surface area contributed by atoms with Crippen LogP contribution in [0.1, 0.15) is 297 Å². The van der Waals surface area contributed by atoms with Gasteiger partial charge in [0.15, 0.2) is 12.4 Å². The van der Waals surface area contributed by atoms with E-state index in [1.165, 1.54) is 180 Å². The molecule has 1 amide bonds. The zero-order valence-electron chi connectivity index (χ0n) is 47.5. The Hall–Kier alpha value is -1.86. The van der Waals surface area contributed by atoms with Gasteiger partial charge in [0.25, 0.3) is 0 Å². The molecule has 11 heteroatoms. The summed E-state index contributed by atoms with van der Waals surface area (Å²) in [4.78, 5) is 26.5. The molecule has 1 aliphatic rings. The molecule has 0 aromatic carbocycles. The van der Waals surface area contributed by atoms with Crippen molar-refractivity contribution in [1.29, 1.82) is 0 Å². The number of rotatable bonds is 53. The van der Waals surface area contributed by atoms with Gasteiger partial charge in [-0.3, -0.25) is 9.59 Å². The van der Waals surface area contributed by atoms with Crippen molar-refractivity contribution in [2.75, 3.05) is 13.2 Å². The maximum absolute atomic E-state index is 13.4. The molecule has 0 radical (unpaired) electrons. The summed E-state index contributed by atoms with van der Waals surface area (Å²) in [6, 6.07) is -1.02. The van der Waals surface area contributed by atoms with E-state index in [1.54, 1.807) is 6.08 Å². The lowest BCUT2D eigenvalue weighted by Crippen LogP contribution is -2.61. The summed E-state index contributed by atoms with van der Waals surface area (Å²) in [5, 5.41) is 56.9. The minimum atomic E-state index is -1.61. The van der Waals surface area contributed by atoms with Gasteiger partial charge in [-0.1, -0.05) is 263 Å². The van der Waals surface area contributed by atoms with Gasteiger partial charge in [0.05, 0.1) is 25.4 Å². The molecule has 8 atom stereocenters. The van der Waals surface area contributed by atoms with Crippen LogP contribution in [0.25, 0.3) is 0 Å². The van der Waals surface area contributed by atoms with Crippen LogP contribution in [-0.2, 0) is 23.8 Å². The van der Waals surface area contributed by atoms with Crippen molar-refractivity contribution in [2.45, 2.75) is 346 Å². The van der Waals surface area contributed by atoms with Crippen molar-refractivity contribution in [3.05, 3.63) is 24.3 Å². The second kappa shape index (κ2) is 50.9. The number of carbonyl (C=O) groups excluding carboxylic acids is 2. The fraction of sp³-hybridized carbons (Fsp3) is 0.903. The molecule has 6 N–H and O–H groups in total. The highest BCUT2D eigenvalue weighted by Gasteiger charge is 2.47. The van der Waals surface area contributed by atoms with Crippen molar-refractivity contribution < 1.29 is 49.3 Å². The van der Waals surface area contributed by atoms with Crippen LogP contribution in [0.4, 0.5) is 0 Å². The number of carbonyl (C=O) groups is 2. The predicted molar refractivity (Wildman–Crippen MR) is 301 cm³/mol. The average molecular weight is 1040 g/mol. The smallest absolute Gasteiger partial charge is 0.306 e. The summed E-state index contributed by atoms with van der Waals surface area (Å²) < 4.78 is 17.6. The number of aliphatic hydroxyl groups excluding tert-OH is 5. The average Bonchev–Trinajstić information content (AvgIpc) is 3.39. The lowest BCUT2D eigenvalue weighted by molar-refractivity contribution is -0.305. The monoisotopic (exact) mass is 1040 g/mol. The highest BCUT2D eigenvalue weighted by atomic mass is 16.7. The molecule has 8 unspecified atom stereocenters. The van der Waals surface area contributed by atoms with Crippen LogP contribution in [-0.4, -0.2) is 99.6 Å². The first kappa shape index (κ1) is 69.2. The quantitative estimate of drug-likeness (QED) is 0.0195. The Kier molecular flexibility index (Phi) is 48.2. The van der Waals surface area contributed by atoms with Crippen molar-refractivity contribution in [1.82, 2.24) is 5.32 Å². The van der Waals surface area contributed by atoms with Gasteiger partial charge in [0, 0.05) is 6.42 Å². The van der Waals surface area contributed by atoms with Gasteiger partial charge in [-0.05, 0) is 51.4 Å². The third kappa shape index (κ3) is 39.2. The first-order valence-electron chi connectivity index (χ1n) is 31.1. The van der Waals surface area contributed by atoms with E-state index in [-0.39, 0.29) is 13.0 Å². The molecule has 11 nitrogen and oxygen atoms in total. The number of unbranched alkanes of at least 4 members (excludes halogenated alkanes) is 37. The molecule has 0 spiro atoms. The fourth-order valence-corrected chi connectivity index (χ4v) is 9.88. The number of aliphatic hydroxyl groups is 5. The summed E-state index contributed by atoms with van der Waals surface area (Å²) >= 11 is 0. The SMILES string of the molecule is CCCCCC/C=C\CCCCCCCCCC(=O)OC1C(OCC(NC(=O)C(O)CCCCCCCCCCCCCCCCCCCC)C(O)/C=C/CCCCCCCCCCC)OC(CO)C(O)C1O. The van der Waals surface area contributed by atoms with Crippen LogP contribution in [0.2, 0.25) is 0 Å². The van der Waals surface area contributed by atoms with Gasteiger partial charge in [0.1, 0.15) is 24.4 Å². The molecular formula is C62H117NO10. The Balaban J connectivity index is 2.66. The van der Waals surface area contributed by atoms with Gasteiger partial charge in [-0.2, -0.15) is 0 Å². The third-order valence-electron chi connectivity index (χ3n) is 14.9. The first-order valence-corrected chi connectivity index (χ1v) is 31.1. The normalized spacial score (nSPS) is 19.5. The van der Waals surface area contributed by atoms with E-state index >= 15 is 0 Å². The van der Waals surface area contributed by atoms with Crippen molar-refractivity contribution in [3.63, 3.8) is 0 Å². The minimum Gasteiger partial charge on any atom is -0.454 e. The molecule has 1 heterocycles. The van der Waals surface area contributed by atoms with Crippen LogP contribution in [0.5, 0.6) is 0 Å². The topological polar surface area (TPSA) is 175 Å². The molecule has 0 saturated carbocycles. The molecule has 1 aliphatic heterocycles. The number of allylic oxidation sites excluding steroid dienone is 3. The molecule has 0 bridgehead atoms. The maximum Gasteiger partial charge on any atom is 0.306 e. The predicted octanol–water partition coefficient (Wildman–Crippen LogP) is 14.5. The first-order chi connectivity index (χ1) is 35.7. The maximum atomic E-state index is 13.4. The molecule has 1 fully saturated rings. The molecule has 0 aliphatic carbocycles. The molecule has 1 rings (SSSR count). The molecular weight excluding hydrogens is 919 g/mol. The summed E-state index contributed by atoms with van der Waals surface area (Å²) in [5.74, 6) is -1.19. The molecule has 1 saturated heterocycles. The summed E-state index contributed by atoms with van der Waals surface area (Å²) in [6.07, 6.45) is 47.9. The highest BCUT2D eigenvalue weighted by Crippen LogP contribution is 2.26. The second-order valence-electron chi connectivity index (χ2n) is 21.8. The van der Waals surface area contributed by atoms with Crippen LogP contribution in [0.15, 0.2) is 24.3 Å². The highest BCUT2D eigenvalue weighted by molar-refractivity contribution is 5.80. The van der Waals surface area contributed by atoms with Crippen LogP contribution in [0.3, 0.4) is 0 Å². The summed E-state index contributed by atoms with van der Waals surface area (Å²) in [7, 11) is 0. The van der Waals surface area contributed by atoms with Crippen molar-refractivity contribution in [3.8, 4) is 0 Å². The second-order valence-corrected chi connectivity index (χ2v) is 21.8. The van der Waals surface area contributed by atoms with Crippen LogP contribution in [0, 0.1) is 0 Å². The Morgan fingerprint density at radius 2 is 0.904 bits per heavy atom. The summed E-state index contributed by atoms with van der Waals surface area (Å²) in [5.41, 5.74) is 0. The van der Waals surface area contributed by atoms with Crippen LogP contribution < -0.4 is 5.32 Å². The van der Waals surface area contributed by atoms with E-state index in [0.717, 1.165) is 70.6 Å². The van der Waals surface area contributed by atoms with Gasteiger partial charge in [-0.15, -0.1) is 0 Å². The minimum absolute atomic E-state index is 0.122. The molecule has 0 aromatic rings. The van der Waals surface area contributed by atoms with Gasteiger partial charge in [0.2, 0.25) is 5.91 Å². The van der Waals surface area contributed by atoms with E-state index in [0.29, 0.717) is 19.3 Å². The molecule has 430 valence electrons. The third-order valence-corrected chi connectivity index (χ3v) is 14.9. The Morgan fingerprint density at radius 3 is 1.34 bits per heavy atom. The van der Waals surface area contributed by atoms with E-state index in [4.69, 9.17) is 14.2 Å². The Morgan fingerprint density at radius 1 is 0.521 bits per heavy atom. The number of amides is 1. The van der Waals surface area contributed by atoms with E-state index in [2.05, 4.69) is 38.2 Å². The van der Waals surface area contributed by atoms with E-state index < -0.39 is 67.4 Å². The van der Waals surface area contributed by atoms with Gasteiger partial charge in [-0.25, -0.2) is 0 Å². The molecule has 73 heavy (non-hydrogen) atoms. The number of esters is 1. The largest absolute Gasteiger partial charge is 0.454 e. The zero-order valence-corrected chi connectivity index (χ0v) is 47.5.